The lowest BCUT2D eigenvalue weighted by molar-refractivity contribution is 0.335. The van der Waals surface area contributed by atoms with Crippen molar-refractivity contribution in [2.75, 3.05) is 18.9 Å². The number of hydrogen-bond acceptors (Lipinski definition) is 6. The van der Waals surface area contributed by atoms with Crippen molar-refractivity contribution in [3.05, 3.63) is 30.5 Å². The van der Waals surface area contributed by atoms with E-state index in [1.807, 2.05) is 4.57 Å². The van der Waals surface area contributed by atoms with Crippen molar-refractivity contribution in [2.45, 2.75) is 18.0 Å². The predicted octanol–water partition coefficient (Wildman–Crippen LogP) is -0.0807. The minimum absolute atomic E-state index is 0.227. The molecule has 0 radical (unpaired) electrons. The van der Waals surface area contributed by atoms with Crippen molar-refractivity contribution < 1.29 is 8.42 Å². The Bertz CT molecular complexity index is 726. The molecule has 20 heavy (non-hydrogen) atoms. The largest absolute Gasteiger partial charge is 0.373 e. The number of anilines is 1. The number of aromatic nitrogens is 4. The van der Waals surface area contributed by atoms with Crippen molar-refractivity contribution in [3.8, 4) is 0 Å². The molecule has 2 aromatic rings. The molecule has 1 aliphatic rings. The summed E-state index contributed by atoms with van der Waals surface area (Å²) in [4.78, 5) is 4.25. The second-order valence-corrected chi connectivity index (χ2v) is 6.34. The molecule has 1 N–H and O–H groups in total. The van der Waals surface area contributed by atoms with Gasteiger partial charge in [0.15, 0.2) is 0 Å². The van der Waals surface area contributed by atoms with Gasteiger partial charge in [0.2, 0.25) is 10.0 Å². The minimum Gasteiger partial charge on any atom is -0.373 e. The average Bonchev–Trinajstić information content (AvgIpc) is 2.94. The van der Waals surface area contributed by atoms with Crippen molar-refractivity contribution in [1.29, 1.82) is 0 Å². The van der Waals surface area contributed by atoms with Crippen LogP contribution in [0.25, 0.3) is 0 Å². The molecule has 0 amide bonds. The normalized spacial score (nSPS) is 15.8. The van der Waals surface area contributed by atoms with Gasteiger partial charge in [0.1, 0.15) is 18.0 Å². The molecule has 0 fully saturated rings. The summed E-state index contributed by atoms with van der Waals surface area (Å²) in [6, 6.07) is 3.02. The van der Waals surface area contributed by atoms with Crippen LogP contribution in [0.1, 0.15) is 5.82 Å². The molecule has 9 heteroatoms. The van der Waals surface area contributed by atoms with Gasteiger partial charge in [-0.2, -0.15) is 4.31 Å². The summed E-state index contributed by atoms with van der Waals surface area (Å²) in [6.07, 6.45) is 3.09. The van der Waals surface area contributed by atoms with Crippen LogP contribution >= 0.6 is 0 Å². The van der Waals surface area contributed by atoms with E-state index in [9.17, 15) is 8.42 Å². The Kier molecular flexibility index (Phi) is 3.14. The number of sulfonamides is 1. The Morgan fingerprint density at radius 1 is 1.35 bits per heavy atom. The molecule has 0 spiro atoms. The number of pyridine rings is 1. The molecule has 0 bridgehead atoms. The Labute approximate surface area is 116 Å². The predicted molar refractivity (Wildman–Crippen MR) is 71.4 cm³/mol. The Balaban J connectivity index is 1.93. The summed E-state index contributed by atoms with van der Waals surface area (Å²) in [6.45, 7) is 1.20. The molecule has 0 unspecified atom stereocenters. The van der Waals surface area contributed by atoms with Crippen LogP contribution in [0.4, 0.5) is 5.82 Å². The van der Waals surface area contributed by atoms with Gasteiger partial charge in [0.25, 0.3) is 0 Å². The van der Waals surface area contributed by atoms with Crippen LogP contribution in [0.2, 0.25) is 0 Å². The van der Waals surface area contributed by atoms with Crippen LogP contribution in [-0.2, 0) is 23.1 Å². The highest BCUT2D eigenvalue weighted by Crippen LogP contribution is 2.21. The fourth-order valence-corrected chi connectivity index (χ4v) is 3.51. The van der Waals surface area contributed by atoms with Crippen LogP contribution in [0.5, 0.6) is 0 Å². The highest BCUT2D eigenvalue weighted by atomic mass is 32.2. The van der Waals surface area contributed by atoms with E-state index < -0.39 is 10.0 Å². The molecular formula is C11H14N6O2S. The Morgan fingerprint density at radius 3 is 3.00 bits per heavy atom. The number of hydrogen-bond donors (Lipinski definition) is 1. The maximum atomic E-state index is 12.6. The molecule has 0 aliphatic carbocycles. The van der Waals surface area contributed by atoms with E-state index in [2.05, 4.69) is 20.5 Å². The third-order valence-electron chi connectivity index (χ3n) is 3.23. The van der Waals surface area contributed by atoms with E-state index >= 15 is 0 Å². The van der Waals surface area contributed by atoms with Gasteiger partial charge >= 0.3 is 0 Å². The molecule has 0 saturated carbocycles. The van der Waals surface area contributed by atoms with Crippen LogP contribution in [0.3, 0.4) is 0 Å². The first-order valence-corrected chi connectivity index (χ1v) is 7.56. The lowest BCUT2D eigenvalue weighted by atomic mass is 10.4. The van der Waals surface area contributed by atoms with Crippen molar-refractivity contribution in [1.82, 2.24) is 24.1 Å². The van der Waals surface area contributed by atoms with E-state index in [1.54, 1.807) is 13.4 Å². The monoisotopic (exact) mass is 294 g/mol. The molecule has 8 nitrogen and oxygen atoms in total. The van der Waals surface area contributed by atoms with E-state index in [-0.39, 0.29) is 11.4 Å². The standard InChI is InChI=1S/C11H14N6O2S/c1-12-10-6-9(2-3-13-10)20(18,19)17-5-4-16-8-14-15-11(16)7-17/h2-3,6,8H,4-5,7H2,1H3,(H,12,13). The molecule has 0 atom stereocenters. The van der Waals surface area contributed by atoms with Gasteiger partial charge in [0, 0.05) is 32.4 Å². The summed E-state index contributed by atoms with van der Waals surface area (Å²) < 4.78 is 28.5. The summed E-state index contributed by atoms with van der Waals surface area (Å²) >= 11 is 0. The molecule has 3 rings (SSSR count). The van der Waals surface area contributed by atoms with Crippen LogP contribution < -0.4 is 5.32 Å². The topological polar surface area (TPSA) is 93.0 Å². The zero-order valence-corrected chi connectivity index (χ0v) is 11.7. The number of nitrogens with one attached hydrogen (secondary N) is 1. The molecule has 3 heterocycles. The highest BCUT2D eigenvalue weighted by Gasteiger charge is 2.29. The van der Waals surface area contributed by atoms with Gasteiger partial charge in [-0.1, -0.05) is 0 Å². The van der Waals surface area contributed by atoms with Crippen molar-refractivity contribution in [2.24, 2.45) is 0 Å². The van der Waals surface area contributed by atoms with Crippen LogP contribution in [-0.4, -0.2) is 46.1 Å². The maximum absolute atomic E-state index is 12.6. The Morgan fingerprint density at radius 2 is 2.20 bits per heavy atom. The van der Waals surface area contributed by atoms with Gasteiger partial charge in [-0.25, -0.2) is 13.4 Å². The average molecular weight is 294 g/mol. The Hall–Kier alpha value is -2.00. The molecule has 1 aliphatic heterocycles. The first-order chi connectivity index (χ1) is 9.61. The number of rotatable bonds is 3. The summed E-state index contributed by atoms with van der Waals surface area (Å²) in [5.41, 5.74) is 0. The third-order valence-corrected chi connectivity index (χ3v) is 5.07. The molecule has 0 aromatic carbocycles. The summed E-state index contributed by atoms with van der Waals surface area (Å²) in [5, 5.41) is 10.6. The van der Waals surface area contributed by atoms with E-state index in [1.165, 1.54) is 22.6 Å². The van der Waals surface area contributed by atoms with Gasteiger partial charge in [0.05, 0.1) is 11.4 Å². The van der Waals surface area contributed by atoms with Crippen molar-refractivity contribution >= 4 is 15.8 Å². The minimum atomic E-state index is -3.54. The van der Waals surface area contributed by atoms with Gasteiger partial charge in [-0.05, 0) is 6.07 Å². The highest BCUT2D eigenvalue weighted by molar-refractivity contribution is 7.89. The molecule has 2 aromatic heterocycles. The lowest BCUT2D eigenvalue weighted by Gasteiger charge is -2.26. The quantitative estimate of drug-likeness (QED) is 0.851. The fourth-order valence-electron chi connectivity index (χ4n) is 2.11. The fraction of sp³-hybridized carbons (Fsp3) is 0.364. The summed E-state index contributed by atoms with van der Waals surface area (Å²) in [5.74, 6) is 1.17. The zero-order chi connectivity index (χ0) is 14.2. The van der Waals surface area contributed by atoms with Gasteiger partial charge in [-0.15, -0.1) is 10.2 Å². The first-order valence-electron chi connectivity index (χ1n) is 6.12. The van der Waals surface area contributed by atoms with E-state index in [0.717, 1.165) is 0 Å². The third kappa shape index (κ3) is 2.14. The van der Waals surface area contributed by atoms with Gasteiger partial charge in [-0.3, -0.25) is 0 Å². The SMILES string of the molecule is CNc1cc(S(=O)(=O)N2CCn3cnnc3C2)ccn1. The second kappa shape index (κ2) is 4.84. The first kappa shape index (κ1) is 13.0. The molecular weight excluding hydrogens is 280 g/mol. The zero-order valence-electron chi connectivity index (χ0n) is 10.9. The number of nitrogens with zero attached hydrogens (tertiary/aromatic N) is 5. The molecule has 106 valence electrons. The van der Waals surface area contributed by atoms with Crippen LogP contribution in [0, 0.1) is 0 Å². The second-order valence-electron chi connectivity index (χ2n) is 4.41. The summed E-state index contributed by atoms with van der Waals surface area (Å²) in [7, 11) is -1.85. The van der Waals surface area contributed by atoms with Gasteiger partial charge < -0.3 is 9.88 Å². The number of fused-ring (bicyclic) bond motifs is 1. The van der Waals surface area contributed by atoms with E-state index in [4.69, 9.17) is 0 Å². The smallest absolute Gasteiger partial charge is 0.243 e. The van der Waals surface area contributed by atoms with Crippen LogP contribution in [0.15, 0.2) is 29.6 Å². The van der Waals surface area contributed by atoms with Crippen molar-refractivity contribution in [3.63, 3.8) is 0 Å². The maximum Gasteiger partial charge on any atom is 0.243 e. The van der Waals surface area contributed by atoms with E-state index in [0.29, 0.717) is 24.7 Å². The molecule has 0 saturated heterocycles. The lowest BCUT2D eigenvalue weighted by Crippen LogP contribution is -2.38.